The van der Waals surface area contributed by atoms with Gasteiger partial charge in [0.2, 0.25) is 5.88 Å². The van der Waals surface area contributed by atoms with Crippen molar-refractivity contribution < 1.29 is 19.4 Å². The maximum Gasteiger partial charge on any atom is 0.269 e. The number of aliphatic hydroxyl groups is 1. The molecule has 0 spiro atoms. The van der Waals surface area contributed by atoms with E-state index in [0.29, 0.717) is 33.8 Å². The Morgan fingerprint density at radius 3 is 2.35 bits per heavy atom. The second kappa shape index (κ2) is 13.6. The zero-order valence-electron chi connectivity index (χ0n) is 22.9. The van der Waals surface area contributed by atoms with Crippen molar-refractivity contribution in [1.29, 1.82) is 5.26 Å². The molecule has 3 fully saturated rings. The quantitative estimate of drug-likeness (QED) is 0.372. The van der Waals surface area contributed by atoms with E-state index in [1.165, 1.54) is 0 Å². The lowest BCUT2D eigenvalue weighted by atomic mass is 9.86. The molecule has 2 aliphatic heterocycles. The molecule has 0 radical (unpaired) electrons. The Hall–Kier alpha value is -2.93. The number of rotatable bonds is 8. The first kappa shape index (κ1) is 28.6. The second-order valence-electron chi connectivity index (χ2n) is 11.5. The third-order valence-corrected chi connectivity index (χ3v) is 8.81. The third-order valence-electron chi connectivity index (χ3n) is 8.50. The molecule has 5 rings (SSSR count). The molecule has 4 N–H and O–H groups in total. The van der Waals surface area contributed by atoms with Crippen molar-refractivity contribution in [2.24, 2.45) is 5.92 Å². The van der Waals surface area contributed by atoms with Crippen LogP contribution in [0, 0.1) is 17.2 Å². The summed E-state index contributed by atoms with van der Waals surface area (Å²) in [5, 5.41) is 22.3. The molecule has 0 atom stereocenters. The van der Waals surface area contributed by atoms with E-state index in [1.54, 1.807) is 24.3 Å². The molecule has 0 aromatic heterocycles. The van der Waals surface area contributed by atoms with Gasteiger partial charge in [0.25, 0.3) is 5.91 Å². The third kappa shape index (κ3) is 7.84. The maximum absolute atomic E-state index is 12.8. The Balaban J connectivity index is 0.999. The SMILES string of the molecule is N#Cc1ccc(OC2CCC(NC(=O)C3=CC=C(OC4CCC(CN5CCC(O)CC5)CC4)NN3)CC2)cc1Cl. The Morgan fingerprint density at radius 1 is 1.00 bits per heavy atom. The van der Waals surface area contributed by atoms with E-state index in [0.717, 1.165) is 83.8 Å². The largest absolute Gasteiger partial charge is 0.490 e. The van der Waals surface area contributed by atoms with Crippen LogP contribution >= 0.6 is 11.6 Å². The number of nitrogens with one attached hydrogen (secondary N) is 3. The molecule has 1 aromatic carbocycles. The van der Waals surface area contributed by atoms with Gasteiger partial charge < -0.3 is 24.8 Å². The Bertz CT molecular complexity index is 1130. The first-order valence-electron chi connectivity index (χ1n) is 14.6. The fourth-order valence-electron chi connectivity index (χ4n) is 6.09. The highest BCUT2D eigenvalue weighted by Gasteiger charge is 2.28. The number of amides is 1. The van der Waals surface area contributed by atoms with Crippen molar-refractivity contribution >= 4 is 17.5 Å². The van der Waals surface area contributed by atoms with Crippen molar-refractivity contribution in [2.75, 3.05) is 19.6 Å². The van der Waals surface area contributed by atoms with Gasteiger partial charge in [-0.2, -0.15) is 5.26 Å². The maximum atomic E-state index is 12.8. The number of ether oxygens (including phenoxy) is 2. The summed E-state index contributed by atoms with van der Waals surface area (Å²) >= 11 is 6.11. The smallest absolute Gasteiger partial charge is 0.269 e. The molecular weight excluding hydrogens is 530 g/mol. The average molecular weight is 570 g/mol. The summed E-state index contributed by atoms with van der Waals surface area (Å²) in [7, 11) is 0. The average Bonchev–Trinajstić information content (AvgIpc) is 2.97. The fourth-order valence-corrected chi connectivity index (χ4v) is 6.30. The fraction of sp³-hybridized carbons (Fsp3) is 0.600. The molecular formula is C30H40ClN5O4. The number of allylic oxidation sites excluding steroid dienone is 2. The van der Waals surface area contributed by atoms with Gasteiger partial charge in [-0.25, -0.2) is 0 Å². The van der Waals surface area contributed by atoms with Crippen LogP contribution in [-0.2, 0) is 9.53 Å². The summed E-state index contributed by atoms with van der Waals surface area (Å²) in [4.78, 5) is 15.3. The number of halogens is 1. The van der Waals surface area contributed by atoms with Crippen LogP contribution < -0.4 is 20.9 Å². The van der Waals surface area contributed by atoms with Crippen molar-refractivity contribution in [1.82, 2.24) is 21.1 Å². The van der Waals surface area contributed by atoms with Crippen molar-refractivity contribution in [3.63, 3.8) is 0 Å². The van der Waals surface area contributed by atoms with Crippen LogP contribution in [0.1, 0.15) is 69.8 Å². The van der Waals surface area contributed by atoms with E-state index >= 15 is 0 Å². The van der Waals surface area contributed by atoms with Crippen molar-refractivity contribution in [2.45, 2.75) is 88.6 Å². The zero-order valence-corrected chi connectivity index (χ0v) is 23.7. The topological polar surface area (TPSA) is 119 Å². The summed E-state index contributed by atoms with van der Waals surface area (Å²) in [5.41, 5.74) is 6.93. The Labute approximate surface area is 241 Å². The number of aliphatic hydroxyl groups excluding tert-OH is 1. The summed E-state index contributed by atoms with van der Waals surface area (Å²) in [6.45, 7) is 3.14. The minimum absolute atomic E-state index is 0.0577. The van der Waals surface area contributed by atoms with Crippen molar-refractivity contribution in [3.05, 3.63) is 52.5 Å². The minimum atomic E-state index is -0.142. The highest BCUT2D eigenvalue weighted by molar-refractivity contribution is 6.31. The second-order valence-corrected chi connectivity index (χ2v) is 11.9. The molecule has 4 aliphatic rings. The van der Waals surface area contributed by atoms with Crippen LogP contribution in [0.25, 0.3) is 0 Å². The number of hydrogen-bond donors (Lipinski definition) is 4. The van der Waals surface area contributed by atoms with Gasteiger partial charge in [0, 0.05) is 37.8 Å². The lowest BCUT2D eigenvalue weighted by molar-refractivity contribution is -0.119. The van der Waals surface area contributed by atoms with Gasteiger partial charge >= 0.3 is 0 Å². The Kier molecular flexibility index (Phi) is 9.74. The van der Waals surface area contributed by atoms with Crippen LogP contribution in [0.5, 0.6) is 5.75 Å². The number of nitrogens with zero attached hydrogens (tertiary/aromatic N) is 2. The van der Waals surface area contributed by atoms with Gasteiger partial charge in [0.15, 0.2) is 0 Å². The normalized spacial score (nSPS) is 27.7. The monoisotopic (exact) mass is 569 g/mol. The van der Waals surface area contributed by atoms with Crippen LogP contribution in [0.3, 0.4) is 0 Å². The van der Waals surface area contributed by atoms with E-state index in [9.17, 15) is 9.90 Å². The van der Waals surface area contributed by atoms with E-state index < -0.39 is 0 Å². The van der Waals surface area contributed by atoms with Gasteiger partial charge in [0.05, 0.1) is 22.8 Å². The summed E-state index contributed by atoms with van der Waals surface area (Å²) < 4.78 is 12.2. The molecule has 0 bridgehead atoms. The molecule has 216 valence electrons. The number of carbonyl (C=O) groups is 1. The van der Waals surface area contributed by atoms with Crippen LogP contribution in [0.15, 0.2) is 41.9 Å². The lowest BCUT2D eigenvalue weighted by Gasteiger charge is -2.36. The molecule has 2 heterocycles. The Morgan fingerprint density at radius 2 is 1.70 bits per heavy atom. The molecule has 0 unspecified atom stereocenters. The number of piperidine rings is 1. The van der Waals surface area contributed by atoms with Gasteiger partial charge in [0.1, 0.15) is 23.6 Å². The van der Waals surface area contributed by atoms with Crippen molar-refractivity contribution in [3.8, 4) is 11.8 Å². The summed E-state index contributed by atoms with van der Waals surface area (Å²) in [6, 6.07) is 7.26. The van der Waals surface area contributed by atoms with E-state index in [-0.39, 0.29) is 30.3 Å². The highest BCUT2D eigenvalue weighted by Crippen LogP contribution is 2.30. The molecule has 1 amide bonds. The van der Waals surface area contributed by atoms with E-state index in [2.05, 4.69) is 27.1 Å². The van der Waals surface area contributed by atoms with Gasteiger partial charge in [-0.05, 0) is 88.3 Å². The van der Waals surface area contributed by atoms with Gasteiger partial charge in [-0.15, -0.1) is 0 Å². The molecule has 40 heavy (non-hydrogen) atoms. The number of hydrazine groups is 1. The highest BCUT2D eigenvalue weighted by atomic mass is 35.5. The molecule has 1 aromatic rings. The molecule has 9 nitrogen and oxygen atoms in total. The lowest BCUT2D eigenvalue weighted by Crippen LogP contribution is -2.46. The summed E-state index contributed by atoms with van der Waals surface area (Å²) in [6.07, 6.45) is 13.2. The first-order chi connectivity index (χ1) is 19.4. The molecule has 10 heteroatoms. The first-order valence-corrected chi connectivity index (χ1v) is 15.0. The standard InChI is InChI=1S/C30H40ClN5O4/c31-27-17-26(8-3-21(27)18-32)39-24-9-4-22(5-10-24)33-30(38)28-11-12-29(35-34-28)40-25-6-1-20(2-7-25)19-36-15-13-23(37)14-16-36/h3,8,11-12,17,20,22-25,34-35,37H,1-2,4-7,9-10,13-16,19H2,(H,33,38). The number of benzene rings is 1. The molecule has 1 saturated heterocycles. The molecule has 2 saturated carbocycles. The van der Waals surface area contributed by atoms with Gasteiger partial charge in [-0.1, -0.05) is 11.6 Å². The number of nitriles is 1. The van der Waals surface area contributed by atoms with E-state index in [1.807, 2.05) is 6.08 Å². The number of likely N-dealkylation sites (tertiary alicyclic amines) is 1. The number of hydrogen-bond acceptors (Lipinski definition) is 8. The predicted molar refractivity (Wildman–Crippen MR) is 152 cm³/mol. The van der Waals surface area contributed by atoms with Crippen LogP contribution in [0.2, 0.25) is 5.02 Å². The van der Waals surface area contributed by atoms with Gasteiger partial charge in [-0.3, -0.25) is 15.6 Å². The number of carbonyl (C=O) groups excluding carboxylic acids is 1. The van der Waals surface area contributed by atoms with E-state index in [4.69, 9.17) is 26.3 Å². The summed E-state index contributed by atoms with van der Waals surface area (Å²) in [5.74, 6) is 1.87. The predicted octanol–water partition coefficient (Wildman–Crippen LogP) is 3.88. The van der Waals surface area contributed by atoms with Crippen LogP contribution in [0.4, 0.5) is 0 Å². The minimum Gasteiger partial charge on any atom is -0.490 e. The zero-order chi connectivity index (χ0) is 27.9. The van der Waals surface area contributed by atoms with Crippen LogP contribution in [-0.4, -0.2) is 59.9 Å². The molecule has 2 aliphatic carbocycles.